The summed E-state index contributed by atoms with van der Waals surface area (Å²) in [5, 5.41) is 26.6. The van der Waals surface area contributed by atoms with E-state index < -0.39 is 45.8 Å². The molecule has 0 saturated carbocycles. The summed E-state index contributed by atoms with van der Waals surface area (Å²) < 4.78 is 55.6. The number of aliphatic hydroxyl groups is 2. The van der Waals surface area contributed by atoms with Crippen molar-refractivity contribution in [3.63, 3.8) is 0 Å². The number of hydrogen-bond donors (Lipinski definition) is 4. The Labute approximate surface area is 245 Å². The Hall–Kier alpha value is -3.22. The first kappa shape index (κ1) is 31.7. The molecule has 1 aliphatic heterocycles. The number of aliphatic hydroxyl groups excluding tert-OH is 2. The molecule has 1 amide bonds. The highest BCUT2D eigenvalue weighted by Crippen LogP contribution is 2.26. The van der Waals surface area contributed by atoms with Crippen LogP contribution >= 0.6 is 0 Å². The van der Waals surface area contributed by atoms with E-state index in [9.17, 15) is 32.2 Å². The first-order valence-corrected chi connectivity index (χ1v) is 15.5. The molecule has 1 aliphatic rings. The van der Waals surface area contributed by atoms with E-state index in [1.54, 1.807) is 0 Å². The predicted molar refractivity (Wildman–Crippen MR) is 155 cm³/mol. The molecule has 0 aliphatic carbocycles. The van der Waals surface area contributed by atoms with E-state index in [0.717, 1.165) is 30.2 Å². The lowest BCUT2D eigenvalue weighted by Crippen LogP contribution is -2.48. The molecule has 226 valence electrons. The van der Waals surface area contributed by atoms with Crippen LogP contribution in [-0.2, 0) is 29.4 Å². The molecule has 4 rings (SSSR count). The lowest BCUT2D eigenvalue weighted by atomic mass is 10.00. The highest BCUT2D eigenvalue weighted by atomic mass is 32.2. The highest BCUT2D eigenvalue weighted by Gasteiger charge is 2.35. The van der Waals surface area contributed by atoms with Gasteiger partial charge in [-0.15, -0.1) is 0 Å². The third-order valence-corrected chi connectivity index (χ3v) is 9.43. The maximum absolute atomic E-state index is 13.9. The fourth-order valence-electron chi connectivity index (χ4n) is 5.23. The largest absolute Gasteiger partial charge is 0.395 e. The monoisotopic (exact) mass is 601 g/mol. The summed E-state index contributed by atoms with van der Waals surface area (Å²) in [6.45, 7) is 2.58. The number of rotatable bonds is 13. The van der Waals surface area contributed by atoms with E-state index >= 15 is 0 Å². The molecule has 3 aromatic rings. The quantitative estimate of drug-likeness (QED) is 0.239. The number of hydrogen-bond acceptors (Lipinski definition) is 6. The van der Waals surface area contributed by atoms with Crippen molar-refractivity contribution in [1.82, 2.24) is 14.9 Å². The number of carbonyl (C=O) groups excluding carboxylic acids is 1. The molecule has 3 atom stereocenters. The molecule has 1 fully saturated rings. The molecule has 8 nitrogen and oxygen atoms in total. The number of nitrogens with zero attached hydrogens (tertiary/aromatic N) is 1. The first-order valence-electron chi connectivity index (χ1n) is 14.1. The number of amides is 1. The van der Waals surface area contributed by atoms with Gasteiger partial charge in [-0.2, -0.15) is 4.31 Å². The molecule has 1 heterocycles. The standard InChI is InChI=1S/C31H37F2N3O5S/c1-2-21-6-3-7-22(12-21)18-34-19-30(38)29(15-23-13-25(32)17-26(33)14-23)35-31(39)24-8-4-10-28(16-24)42(40,41)36-11-5-9-27(36)20-37/h3-4,6-8,10,12-14,16-17,27,29-30,34,37-38H,2,5,9,11,15,18-20H2,1H3,(H,35,39)/t27-,29+,30+/m1/s1. The van der Waals surface area contributed by atoms with Gasteiger partial charge in [0.1, 0.15) is 11.6 Å². The van der Waals surface area contributed by atoms with Crippen LogP contribution in [0.3, 0.4) is 0 Å². The third kappa shape index (κ3) is 7.99. The smallest absolute Gasteiger partial charge is 0.251 e. The van der Waals surface area contributed by atoms with Crippen molar-refractivity contribution in [2.75, 3.05) is 19.7 Å². The summed E-state index contributed by atoms with van der Waals surface area (Å²) in [7, 11) is -3.95. The summed E-state index contributed by atoms with van der Waals surface area (Å²) in [4.78, 5) is 13.2. The number of carbonyl (C=O) groups is 1. The van der Waals surface area contributed by atoms with Crippen molar-refractivity contribution >= 4 is 15.9 Å². The summed E-state index contributed by atoms with van der Waals surface area (Å²) >= 11 is 0. The maximum atomic E-state index is 13.9. The van der Waals surface area contributed by atoms with Gasteiger partial charge in [0.25, 0.3) is 5.91 Å². The lowest BCUT2D eigenvalue weighted by Gasteiger charge is -2.25. The van der Waals surface area contributed by atoms with Crippen molar-refractivity contribution in [3.05, 3.63) is 101 Å². The van der Waals surface area contributed by atoms with Gasteiger partial charge in [0.15, 0.2) is 0 Å². The number of aryl methyl sites for hydroxylation is 1. The molecular weight excluding hydrogens is 564 g/mol. The van der Waals surface area contributed by atoms with Crippen molar-refractivity contribution in [3.8, 4) is 0 Å². The van der Waals surface area contributed by atoms with Gasteiger partial charge in [-0.25, -0.2) is 17.2 Å². The van der Waals surface area contributed by atoms with Gasteiger partial charge in [-0.1, -0.05) is 37.3 Å². The van der Waals surface area contributed by atoms with Crippen LogP contribution in [0.1, 0.15) is 46.8 Å². The van der Waals surface area contributed by atoms with Crippen LogP contribution in [0, 0.1) is 11.6 Å². The van der Waals surface area contributed by atoms with Crippen LogP contribution < -0.4 is 10.6 Å². The Morgan fingerprint density at radius 3 is 2.45 bits per heavy atom. The fourth-order valence-corrected chi connectivity index (χ4v) is 6.96. The number of halogens is 2. The van der Waals surface area contributed by atoms with E-state index in [0.29, 0.717) is 19.4 Å². The van der Waals surface area contributed by atoms with Crippen LogP contribution in [0.5, 0.6) is 0 Å². The molecule has 0 unspecified atom stereocenters. The molecule has 0 spiro atoms. The van der Waals surface area contributed by atoms with Gasteiger partial charge >= 0.3 is 0 Å². The number of benzene rings is 3. The number of sulfonamides is 1. The maximum Gasteiger partial charge on any atom is 0.251 e. The fraction of sp³-hybridized carbons (Fsp3) is 0.387. The van der Waals surface area contributed by atoms with Crippen LogP contribution in [-0.4, -0.2) is 66.7 Å². The van der Waals surface area contributed by atoms with E-state index in [4.69, 9.17) is 0 Å². The second-order valence-electron chi connectivity index (χ2n) is 10.6. The minimum absolute atomic E-state index is 0.0442. The Morgan fingerprint density at radius 1 is 1.02 bits per heavy atom. The SMILES string of the molecule is CCc1cccc(CNC[C@H](O)[C@H](Cc2cc(F)cc(F)c2)NC(=O)c2cccc(S(=O)(=O)N3CCC[C@@H]3CO)c2)c1. The zero-order chi connectivity index (χ0) is 30.3. The average molecular weight is 602 g/mol. The molecule has 3 aromatic carbocycles. The van der Waals surface area contributed by atoms with Gasteiger partial charge in [0.2, 0.25) is 10.0 Å². The Balaban J connectivity index is 1.51. The average Bonchev–Trinajstić information content (AvgIpc) is 3.46. The van der Waals surface area contributed by atoms with Crippen LogP contribution in [0.2, 0.25) is 0 Å². The molecule has 11 heteroatoms. The van der Waals surface area contributed by atoms with Gasteiger partial charge < -0.3 is 20.8 Å². The summed E-state index contributed by atoms with van der Waals surface area (Å²) in [5.41, 5.74) is 2.48. The Kier molecular flexibility index (Phi) is 10.8. The van der Waals surface area contributed by atoms with E-state index in [1.807, 2.05) is 18.2 Å². The molecule has 0 bridgehead atoms. The van der Waals surface area contributed by atoms with E-state index in [2.05, 4.69) is 23.6 Å². The molecule has 0 aromatic heterocycles. The number of nitrogens with one attached hydrogen (secondary N) is 2. The summed E-state index contributed by atoms with van der Waals surface area (Å²) in [5.74, 6) is -2.21. The summed E-state index contributed by atoms with van der Waals surface area (Å²) in [6.07, 6.45) is 0.851. The van der Waals surface area contributed by atoms with Crippen LogP contribution in [0.4, 0.5) is 8.78 Å². The highest BCUT2D eigenvalue weighted by molar-refractivity contribution is 7.89. The Bertz CT molecular complexity index is 1470. The normalized spacial score (nSPS) is 17.2. The first-order chi connectivity index (χ1) is 20.1. The topological polar surface area (TPSA) is 119 Å². The van der Waals surface area contributed by atoms with Gasteiger partial charge in [0, 0.05) is 37.3 Å². The van der Waals surface area contributed by atoms with Crippen molar-refractivity contribution in [2.45, 2.75) is 62.2 Å². The third-order valence-electron chi connectivity index (χ3n) is 7.48. The second kappa shape index (κ2) is 14.3. The minimum Gasteiger partial charge on any atom is -0.395 e. The molecule has 1 saturated heterocycles. The molecule has 0 radical (unpaired) electrons. The predicted octanol–water partition coefficient (Wildman–Crippen LogP) is 3.16. The zero-order valence-corrected chi connectivity index (χ0v) is 24.3. The molecule has 4 N–H and O–H groups in total. The van der Waals surface area contributed by atoms with Crippen molar-refractivity contribution < 1.29 is 32.2 Å². The zero-order valence-electron chi connectivity index (χ0n) is 23.5. The van der Waals surface area contributed by atoms with E-state index in [-0.39, 0.29) is 42.1 Å². The second-order valence-corrected chi connectivity index (χ2v) is 12.4. The van der Waals surface area contributed by atoms with Crippen molar-refractivity contribution in [2.24, 2.45) is 0 Å². The van der Waals surface area contributed by atoms with Gasteiger partial charge in [-0.05, 0) is 72.7 Å². The van der Waals surface area contributed by atoms with Crippen LogP contribution in [0.25, 0.3) is 0 Å². The summed E-state index contributed by atoms with van der Waals surface area (Å²) in [6, 6.07) is 15.1. The van der Waals surface area contributed by atoms with Crippen LogP contribution in [0.15, 0.2) is 71.6 Å². The van der Waals surface area contributed by atoms with Gasteiger partial charge in [-0.3, -0.25) is 4.79 Å². The minimum atomic E-state index is -3.95. The Morgan fingerprint density at radius 2 is 1.74 bits per heavy atom. The molecular formula is C31H37F2N3O5S. The van der Waals surface area contributed by atoms with E-state index in [1.165, 1.54) is 34.1 Å². The lowest BCUT2D eigenvalue weighted by molar-refractivity contribution is 0.0829. The molecule has 42 heavy (non-hydrogen) atoms. The van der Waals surface area contributed by atoms with Gasteiger partial charge in [0.05, 0.1) is 23.6 Å². The van der Waals surface area contributed by atoms with Crippen molar-refractivity contribution in [1.29, 1.82) is 0 Å².